The number of carboxylic acid groups (broad SMARTS) is 1. The average molecular weight is 351 g/mol. The number of hydrogen-bond acceptors (Lipinski definition) is 2. The first-order valence-corrected chi connectivity index (χ1v) is 8.99. The molecule has 0 spiro atoms. The van der Waals surface area contributed by atoms with E-state index in [1.54, 1.807) is 0 Å². The Labute approximate surface area is 186 Å². The molecule has 0 saturated heterocycles. The molecule has 0 heterocycles. The van der Waals surface area contributed by atoms with Crippen molar-refractivity contribution in [2.45, 2.75) is 110 Å². The van der Waals surface area contributed by atoms with Gasteiger partial charge in [-0.15, -0.1) is 0 Å². The van der Waals surface area contributed by atoms with Crippen LogP contribution in [0.1, 0.15) is 110 Å². The first-order chi connectivity index (χ1) is 9.77. The third-order valence-electron chi connectivity index (χ3n) is 3.99. The van der Waals surface area contributed by atoms with Crippen LogP contribution in [0.25, 0.3) is 0 Å². The van der Waals surface area contributed by atoms with Crippen molar-refractivity contribution in [2.75, 3.05) is 0 Å². The van der Waals surface area contributed by atoms with Gasteiger partial charge in [0.05, 0.1) is 0 Å². The van der Waals surface area contributed by atoms with Gasteiger partial charge < -0.3 is 10.6 Å². The molecule has 0 atom stereocenters. The Morgan fingerprint density at radius 2 is 0.913 bits per heavy atom. The molecule has 2 N–H and O–H groups in total. The van der Waals surface area contributed by atoms with Crippen molar-refractivity contribution in [1.82, 2.24) is 0 Å². The minimum Gasteiger partial charge on any atom is -0.870 e. The van der Waals surface area contributed by atoms with E-state index in [-0.39, 0.29) is 62.1 Å². The fraction of sp³-hybridized carbons (Fsp3) is 0.944. The van der Waals surface area contributed by atoms with Crippen molar-refractivity contribution >= 4 is 43.7 Å². The summed E-state index contributed by atoms with van der Waals surface area (Å²) in [6.45, 7) is 2.27. The Bertz CT molecular complexity index is 216. The SMILES string of the molecule is CCCCCCCCCCCCCCCCCC(=O)O.[CaH2].[Li+].[OH-]. The van der Waals surface area contributed by atoms with Crippen LogP contribution < -0.4 is 18.9 Å². The molecule has 0 aliphatic rings. The third-order valence-corrected chi connectivity index (χ3v) is 3.99. The largest absolute Gasteiger partial charge is 1.00 e. The Morgan fingerprint density at radius 1 is 0.652 bits per heavy atom. The average Bonchev–Trinajstić information content (AvgIpc) is 2.43. The second-order valence-corrected chi connectivity index (χ2v) is 6.09. The van der Waals surface area contributed by atoms with E-state index in [9.17, 15) is 4.79 Å². The van der Waals surface area contributed by atoms with E-state index in [1.165, 1.54) is 83.5 Å². The van der Waals surface area contributed by atoms with Gasteiger partial charge in [0.25, 0.3) is 0 Å². The maximum Gasteiger partial charge on any atom is 1.00 e. The van der Waals surface area contributed by atoms with Crippen molar-refractivity contribution in [1.29, 1.82) is 0 Å². The number of carbonyl (C=O) groups is 1. The van der Waals surface area contributed by atoms with Crippen molar-refractivity contribution in [3.63, 3.8) is 0 Å². The molecule has 0 radical (unpaired) electrons. The zero-order valence-electron chi connectivity index (χ0n) is 15.1. The number of rotatable bonds is 16. The van der Waals surface area contributed by atoms with Gasteiger partial charge >= 0.3 is 62.6 Å². The summed E-state index contributed by atoms with van der Waals surface area (Å²) in [7, 11) is 0. The molecule has 0 rings (SSSR count). The van der Waals surface area contributed by atoms with Crippen LogP contribution >= 0.6 is 0 Å². The molecule has 0 aromatic carbocycles. The molecule has 0 aromatic heterocycles. The first-order valence-electron chi connectivity index (χ1n) is 8.99. The van der Waals surface area contributed by atoms with Crippen LogP contribution in [0.5, 0.6) is 0 Å². The summed E-state index contributed by atoms with van der Waals surface area (Å²) < 4.78 is 0. The van der Waals surface area contributed by atoms with Crippen LogP contribution in [0, 0.1) is 0 Å². The second kappa shape index (κ2) is 28.1. The smallest absolute Gasteiger partial charge is 0.870 e. The van der Waals surface area contributed by atoms with E-state index in [0.717, 1.165) is 12.8 Å². The molecule has 5 heteroatoms. The molecule has 132 valence electrons. The van der Waals surface area contributed by atoms with Gasteiger partial charge in [-0.3, -0.25) is 4.79 Å². The van der Waals surface area contributed by atoms with Crippen molar-refractivity contribution in [3.05, 3.63) is 0 Å². The predicted octanol–water partition coefficient (Wildman–Crippen LogP) is 2.24. The van der Waals surface area contributed by atoms with Crippen LogP contribution in [0.2, 0.25) is 0 Å². The Morgan fingerprint density at radius 3 is 1.17 bits per heavy atom. The van der Waals surface area contributed by atoms with Crippen molar-refractivity contribution < 1.29 is 34.2 Å². The summed E-state index contributed by atoms with van der Waals surface area (Å²) in [5.74, 6) is -0.653. The van der Waals surface area contributed by atoms with Crippen LogP contribution in [0.4, 0.5) is 0 Å². The van der Waals surface area contributed by atoms with E-state index in [1.807, 2.05) is 0 Å². The van der Waals surface area contributed by atoms with Crippen molar-refractivity contribution in [2.24, 2.45) is 0 Å². The second-order valence-electron chi connectivity index (χ2n) is 6.09. The summed E-state index contributed by atoms with van der Waals surface area (Å²) in [6.07, 6.45) is 20.2. The quantitative estimate of drug-likeness (QED) is 0.343. The number of unbranched alkanes of at least 4 members (excludes halogenated alkanes) is 14. The normalized spacial score (nSPS) is 9.43. The molecular formula is C18H39CaLiO3. The standard InChI is InChI=1S/C18H36O2.Ca.Li.H2O.2H/c1-2-3-4-5-6-7-8-9-10-11-12-13-14-15-16-17-18(19)20;;;;;/h2-17H2,1H3,(H,19,20);;;1H2;;/q;;+1;;;/p-1. The molecule has 0 aliphatic carbocycles. The van der Waals surface area contributed by atoms with Gasteiger partial charge in [-0.2, -0.15) is 0 Å². The van der Waals surface area contributed by atoms with Crippen LogP contribution in [-0.4, -0.2) is 54.3 Å². The van der Waals surface area contributed by atoms with Gasteiger partial charge in [-0.05, 0) is 6.42 Å². The molecule has 23 heavy (non-hydrogen) atoms. The van der Waals surface area contributed by atoms with Gasteiger partial charge in [0, 0.05) is 6.42 Å². The summed E-state index contributed by atoms with van der Waals surface area (Å²) in [5, 5.41) is 8.52. The van der Waals surface area contributed by atoms with E-state index >= 15 is 0 Å². The zero-order chi connectivity index (χ0) is 14.9. The number of carboxylic acids is 1. The van der Waals surface area contributed by atoms with Gasteiger partial charge in [0.1, 0.15) is 0 Å². The van der Waals surface area contributed by atoms with Crippen LogP contribution in [0.15, 0.2) is 0 Å². The summed E-state index contributed by atoms with van der Waals surface area (Å²) in [6, 6.07) is 0. The Kier molecular flexibility index (Phi) is 39.1. The number of aliphatic carboxylic acids is 1. The van der Waals surface area contributed by atoms with E-state index in [0.29, 0.717) is 6.42 Å². The molecule has 0 fully saturated rings. The summed E-state index contributed by atoms with van der Waals surface area (Å²) in [4.78, 5) is 10.3. The molecule has 0 unspecified atom stereocenters. The molecular weight excluding hydrogens is 311 g/mol. The van der Waals surface area contributed by atoms with Crippen molar-refractivity contribution in [3.8, 4) is 0 Å². The van der Waals surface area contributed by atoms with Crippen LogP contribution in [-0.2, 0) is 4.79 Å². The fourth-order valence-electron chi connectivity index (χ4n) is 2.65. The molecule has 0 amide bonds. The molecule has 3 nitrogen and oxygen atoms in total. The minimum absolute atomic E-state index is 0. The van der Waals surface area contributed by atoms with Gasteiger partial charge in [0.15, 0.2) is 0 Å². The van der Waals surface area contributed by atoms with Gasteiger partial charge in [-0.1, -0.05) is 96.8 Å². The van der Waals surface area contributed by atoms with Gasteiger partial charge in [-0.25, -0.2) is 0 Å². The van der Waals surface area contributed by atoms with Crippen LogP contribution in [0.3, 0.4) is 0 Å². The maximum atomic E-state index is 10.3. The Balaban J connectivity index is -0.000000602. The first kappa shape index (κ1) is 32.0. The van der Waals surface area contributed by atoms with E-state index in [4.69, 9.17) is 5.11 Å². The van der Waals surface area contributed by atoms with E-state index < -0.39 is 5.97 Å². The monoisotopic (exact) mass is 350 g/mol. The number of hydrogen-bond donors (Lipinski definition) is 1. The maximum absolute atomic E-state index is 10.3. The summed E-state index contributed by atoms with van der Waals surface area (Å²) in [5.41, 5.74) is 0. The van der Waals surface area contributed by atoms with E-state index in [2.05, 4.69) is 6.92 Å². The minimum atomic E-state index is -0.653. The Hall–Kier alpha value is 1.29. The van der Waals surface area contributed by atoms with Gasteiger partial charge in [0.2, 0.25) is 0 Å². The fourth-order valence-corrected chi connectivity index (χ4v) is 2.65. The topological polar surface area (TPSA) is 67.3 Å². The third kappa shape index (κ3) is 31.6. The zero-order valence-corrected chi connectivity index (χ0v) is 15.1. The molecule has 0 aromatic rings. The predicted molar refractivity (Wildman–Crippen MR) is 97.7 cm³/mol. The molecule has 0 saturated carbocycles. The molecule has 0 aliphatic heterocycles. The summed E-state index contributed by atoms with van der Waals surface area (Å²) >= 11 is 0. The molecule has 0 bridgehead atoms.